The molecule has 1 aliphatic rings. The number of rotatable bonds is 2. The first-order chi connectivity index (χ1) is 9.75. The predicted molar refractivity (Wildman–Crippen MR) is 73.9 cm³/mol. The maximum absolute atomic E-state index is 12.3. The monoisotopic (exact) mass is 292 g/mol. The van der Waals surface area contributed by atoms with E-state index in [2.05, 4.69) is 14.9 Å². The van der Waals surface area contributed by atoms with E-state index in [0.717, 1.165) is 0 Å². The second-order valence-corrected chi connectivity index (χ2v) is 4.78. The number of nitrogens with zero attached hydrogens (tertiary/aromatic N) is 4. The lowest BCUT2D eigenvalue weighted by Crippen LogP contribution is -2.49. The fraction of sp³-hybridized carbons (Fsp3) is 0.308. The maximum atomic E-state index is 12.3. The number of hydrogen-bond donors (Lipinski definition) is 0. The molecule has 6 nitrogen and oxygen atoms in total. The minimum absolute atomic E-state index is 0.0996. The first-order valence-corrected chi connectivity index (χ1v) is 6.68. The van der Waals surface area contributed by atoms with Crippen LogP contribution in [0.2, 0.25) is 5.22 Å². The van der Waals surface area contributed by atoms with Gasteiger partial charge in [0.15, 0.2) is 0 Å². The highest BCUT2D eigenvalue weighted by Gasteiger charge is 2.25. The molecule has 0 saturated carbocycles. The Morgan fingerprint density at radius 1 is 1.20 bits per heavy atom. The van der Waals surface area contributed by atoms with Gasteiger partial charge >= 0.3 is 0 Å². The molecule has 7 heteroatoms. The van der Waals surface area contributed by atoms with Crippen molar-refractivity contribution in [3.05, 3.63) is 41.6 Å². The highest BCUT2D eigenvalue weighted by molar-refractivity contribution is 6.32. The van der Waals surface area contributed by atoms with Gasteiger partial charge in [-0.25, -0.2) is 9.97 Å². The van der Waals surface area contributed by atoms with Crippen LogP contribution >= 0.6 is 11.6 Å². The van der Waals surface area contributed by atoms with Gasteiger partial charge in [-0.1, -0.05) is 0 Å². The Kier molecular flexibility index (Phi) is 3.56. The van der Waals surface area contributed by atoms with Crippen molar-refractivity contribution in [2.75, 3.05) is 31.1 Å². The first kappa shape index (κ1) is 12.9. The van der Waals surface area contributed by atoms with Crippen LogP contribution in [0.1, 0.15) is 10.4 Å². The van der Waals surface area contributed by atoms with Gasteiger partial charge in [0.1, 0.15) is 0 Å². The highest BCUT2D eigenvalue weighted by atomic mass is 35.5. The van der Waals surface area contributed by atoms with Crippen LogP contribution in [-0.2, 0) is 0 Å². The molecule has 1 aliphatic heterocycles. The lowest BCUT2D eigenvalue weighted by Gasteiger charge is -2.34. The van der Waals surface area contributed by atoms with Crippen molar-refractivity contribution >= 4 is 23.5 Å². The van der Waals surface area contributed by atoms with E-state index in [9.17, 15) is 4.79 Å². The molecular weight excluding hydrogens is 280 g/mol. The van der Waals surface area contributed by atoms with E-state index < -0.39 is 0 Å². The molecule has 0 bridgehead atoms. The van der Waals surface area contributed by atoms with E-state index in [1.807, 2.05) is 0 Å². The van der Waals surface area contributed by atoms with Crippen molar-refractivity contribution in [2.45, 2.75) is 0 Å². The van der Waals surface area contributed by atoms with Crippen LogP contribution in [0.25, 0.3) is 0 Å². The molecule has 0 N–H and O–H groups in total. The van der Waals surface area contributed by atoms with Crippen LogP contribution in [-0.4, -0.2) is 47.0 Å². The summed E-state index contributed by atoms with van der Waals surface area (Å²) in [6, 6.07) is 3.38. The highest BCUT2D eigenvalue weighted by Crippen LogP contribution is 2.20. The smallest absolute Gasteiger partial charge is 0.258 e. The molecule has 0 aliphatic carbocycles. The number of halogens is 1. The topological polar surface area (TPSA) is 62.5 Å². The molecule has 3 heterocycles. The molecule has 0 spiro atoms. The lowest BCUT2D eigenvalue weighted by molar-refractivity contribution is 0.0745. The van der Waals surface area contributed by atoms with Gasteiger partial charge < -0.3 is 14.2 Å². The molecule has 1 fully saturated rings. The minimum atomic E-state index is -0.0996. The largest absolute Gasteiger partial charge is 0.452 e. The van der Waals surface area contributed by atoms with Crippen LogP contribution < -0.4 is 4.90 Å². The van der Waals surface area contributed by atoms with Crippen molar-refractivity contribution in [2.24, 2.45) is 0 Å². The Labute approximate surface area is 121 Å². The van der Waals surface area contributed by atoms with Crippen LogP contribution in [0.15, 0.2) is 35.2 Å². The molecule has 1 amide bonds. The Hall–Kier alpha value is -2.08. The molecule has 0 aromatic carbocycles. The molecule has 0 atom stereocenters. The minimum Gasteiger partial charge on any atom is -0.452 e. The lowest BCUT2D eigenvalue weighted by atomic mass is 10.2. The Bertz CT molecular complexity index is 593. The zero-order chi connectivity index (χ0) is 13.9. The zero-order valence-corrected chi connectivity index (χ0v) is 11.5. The third-order valence-corrected chi connectivity index (χ3v) is 3.54. The molecule has 2 aromatic rings. The summed E-state index contributed by atoms with van der Waals surface area (Å²) in [6.45, 7) is 2.62. The van der Waals surface area contributed by atoms with Gasteiger partial charge in [0.05, 0.1) is 11.8 Å². The molecule has 3 rings (SSSR count). The zero-order valence-electron chi connectivity index (χ0n) is 10.7. The average molecular weight is 293 g/mol. The van der Waals surface area contributed by atoms with Crippen molar-refractivity contribution < 1.29 is 9.21 Å². The summed E-state index contributed by atoms with van der Waals surface area (Å²) in [5.41, 5.74) is 0.413. The van der Waals surface area contributed by atoms with E-state index >= 15 is 0 Å². The third kappa shape index (κ3) is 2.46. The van der Waals surface area contributed by atoms with E-state index in [-0.39, 0.29) is 11.1 Å². The summed E-state index contributed by atoms with van der Waals surface area (Å²) in [5.74, 6) is 0.596. The number of amides is 1. The maximum Gasteiger partial charge on any atom is 0.258 e. The van der Waals surface area contributed by atoms with Crippen LogP contribution in [0.3, 0.4) is 0 Å². The molecule has 0 radical (unpaired) electrons. The number of carbonyl (C=O) groups is 1. The van der Waals surface area contributed by atoms with Gasteiger partial charge in [-0.05, 0) is 23.7 Å². The van der Waals surface area contributed by atoms with Gasteiger partial charge in [0, 0.05) is 38.6 Å². The fourth-order valence-corrected chi connectivity index (χ4v) is 2.38. The number of aromatic nitrogens is 2. The van der Waals surface area contributed by atoms with Crippen molar-refractivity contribution in [3.63, 3.8) is 0 Å². The van der Waals surface area contributed by atoms with Gasteiger partial charge in [-0.3, -0.25) is 4.79 Å². The number of anilines is 1. The number of carbonyl (C=O) groups excluding carboxylic acids is 1. The van der Waals surface area contributed by atoms with Gasteiger partial charge in [-0.2, -0.15) is 0 Å². The quantitative estimate of drug-likeness (QED) is 0.843. The predicted octanol–water partition coefficient (Wildman–Crippen LogP) is 1.69. The standard InChI is InChI=1S/C13H13ClN4O2/c14-11-10(2-9-20-11)12(19)17-5-7-18(8-6-17)13-15-3-1-4-16-13/h1-4,9H,5-8H2. The SMILES string of the molecule is O=C(c1ccoc1Cl)N1CCN(c2ncccn2)CC1. The number of hydrogen-bond acceptors (Lipinski definition) is 5. The third-order valence-electron chi connectivity index (χ3n) is 3.25. The van der Waals surface area contributed by atoms with Crippen LogP contribution in [0.5, 0.6) is 0 Å². The summed E-state index contributed by atoms with van der Waals surface area (Å²) >= 11 is 5.83. The summed E-state index contributed by atoms with van der Waals surface area (Å²) in [6.07, 6.45) is 4.85. The Balaban J connectivity index is 1.64. The first-order valence-electron chi connectivity index (χ1n) is 6.30. The van der Waals surface area contributed by atoms with Gasteiger partial charge in [0.2, 0.25) is 11.2 Å². The normalized spacial score (nSPS) is 15.4. The average Bonchev–Trinajstić information content (AvgIpc) is 2.94. The van der Waals surface area contributed by atoms with Gasteiger partial charge in [-0.15, -0.1) is 0 Å². The Morgan fingerprint density at radius 2 is 1.90 bits per heavy atom. The Morgan fingerprint density at radius 3 is 2.50 bits per heavy atom. The molecule has 0 unspecified atom stereocenters. The summed E-state index contributed by atoms with van der Waals surface area (Å²) in [5, 5.41) is 0.142. The van der Waals surface area contributed by atoms with Crippen LogP contribution in [0, 0.1) is 0 Å². The second kappa shape index (κ2) is 5.50. The molecule has 20 heavy (non-hydrogen) atoms. The fourth-order valence-electron chi connectivity index (χ4n) is 2.18. The molecular formula is C13H13ClN4O2. The summed E-state index contributed by atoms with van der Waals surface area (Å²) < 4.78 is 4.95. The summed E-state index contributed by atoms with van der Waals surface area (Å²) in [7, 11) is 0. The van der Waals surface area contributed by atoms with E-state index in [1.54, 1.807) is 29.4 Å². The second-order valence-electron chi connectivity index (χ2n) is 4.44. The van der Waals surface area contributed by atoms with Crippen molar-refractivity contribution in [1.29, 1.82) is 0 Å². The van der Waals surface area contributed by atoms with Crippen molar-refractivity contribution in [3.8, 4) is 0 Å². The number of furan rings is 1. The molecule has 2 aromatic heterocycles. The molecule has 104 valence electrons. The van der Waals surface area contributed by atoms with Gasteiger partial charge in [0.25, 0.3) is 5.91 Å². The van der Waals surface area contributed by atoms with E-state index in [0.29, 0.717) is 37.7 Å². The summed E-state index contributed by atoms with van der Waals surface area (Å²) in [4.78, 5) is 24.5. The molecule has 1 saturated heterocycles. The van der Waals surface area contributed by atoms with E-state index in [1.165, 1.54) is 6.26 Å². The van der Waals surface area contributed by atoms with Crippen LogP contribution in [0.4, 0.5) is 5.95 Å². The van der Waals surface area contributed by atoms with Crippen molar-refractivity contribution in [1.82, 2.24) is 14.9 Å². The van der Waals surface area contributed by atoms with E-state index in [4.69, 9.17) is 16.0 Å². The number of piperazine rings is 1.